The molecule has 0 saturated carbocycles. The Labute approximate surface area is 126 Å². The highest BCUT2D eigenvalue weighted by atomic mass is 79.9. The maximum Gasteiger partial charge on any atom is 0.504 e. The number of alkyl halides is 3. The Kier molecular flexibility index (Phi) is 4.11. The summed E-state index contributed by atoms with van der Waals surface area (Å²) in [6.07, 6.45) is -2.66. The molecule has 114 valence electrons. The molecule has 2 heterocycles. The van der Waals surface area contributed by atoms with Crippen LogP contribution in [-0.4, -0.2) is 28.9 Å². The maximum absolute atomic E-state index is 12.5. The zero-order chi connectivity index (χ0) is 15.8. The van der Waals surface area contributed by atoms with E-state index in [0.29, 0.717) is 10.7 Å². The van der Waals surface area contributed by atoms with E-state index in [9.17, 15) is 21.6 Å². The Bertz CT molecular complexity index is 771. The second-order valence-electron chi connectivity index (χ2n) is 4.02. The summed E-state index contributed by atoms with van der Waals surface area (Å²) in [4.78, 5) is 3.73. The summed E-state index contributed by atoms with van der Waals surface area (Å²) in [6.45, 7) is 1.44. The third-order valence-corrected chi connectivity index (χ3v) is 4.80. The number of rotatable bonds is 3. The summed E-state index contributed by atoms with van der Waals surface area (Å²) < 4.78 is 61.9. The zero-order valence-corrected chi connectivity index (χ0v) is 13.0. The van der Waals surface area contributed by atoms with Crippen molar-refractivity contribution in [2.75, 3.05) is 5.75 Å². The molecular weight excluding hydrogens is 375 g/mol. The van der Waals surface area contributed by atoms with Crippen LogP contribution in [0.15, 0.2) is 33.9 Å². The molecule has 0 bridgehead atoms. The second kappa shape index (κ2) is 5.41. The molecule has 2 rings (SSSR count). The Morgan fingerprint density at radius 3 is 2.57 bits per heavy atom. The van der Waals surface area contributed by atoms with Gasteiger partial charge in [0.1, 0.15) is 11.4 Å². The Morgan fingerprint density at radius 1 is 1.38 bits per heavy atom. The van der Waals surface area contributed by atoms with Crippen LogP contribution in [0.2, 0.25) is 0 Å². The molecule has 0 unspecified atom stereocenters. The topological polar surface area (TPSA) is 64.8 Å². The number of aromatic nitrogens is 3. The van der Waals surface area contributed by atoms with Gasteiger partial charge in [0.25, 0.3) is 0 Å². The lowest BCUT2D eigenvalue weighted by atomic mass is 10.3. The van der Waals surface area contributed by atoms with Crippen molar-refractivity contribution in [3.63, 3.8) is 0 Å². The molecule has 2 aromatic heterocycles. The van der Waals surface area contributed by atoms with Gasteiger partial charge in [-0.05, 0) is 28.1 Å². The number of hydrogen-bond acceptors (Lipinski definition) is 4. The predicted molar refractivity (Wildman–Crippen MR) is 72.2 cm³/mol. The standard InChI is InChI=1S/C11H9BrF3N3O2S/c1-2-21(19,20)9-5-7(12)6-16-10(9)8-3-4-18(17-8)11(13,14)15/h3-6H,2H2,1H3. The lowest BCUT2D eigenvalue weighted by Gasteiger charge is -2.08. The average molecular weight is 384 g/mol. The highest BCUT2D eigenvalue weighted by molar-refractivity contribution is 9.10. The lowest BCUT2D eigenvalue weighted by Crippen LogP contribution is -2.17. The molecule has 0 amide bonds. The van der Waals surface area contributed by atoms with Crippen molar-refractivity contribution >= 4 is 25.8 Å². The number of hydrogen-bond donors (Lipinski definition) is 0. The van der Waals surface area contributed by atoms with Crippen molar-refractivity contribution < 1.29 is 21.6 Å². The average Bonchev–Trinajstić information content (AvgIpc) is 2.88. The van der Waals surface area contributed by atoms with Crippen molar-refractivity contribution in [3.8, 4) is 11.4 Å². The Hall–Kier alpha value is -1.42. The van der Waals surface area contributed by atoms with Gasteiger partial charge >= 0.3 is 6.30 Å². The van der Waals surface area contributed by atoms with Gasteiger partial charge < -0.3 is 0 Å². The van der Waals surface area contributed by atoms with E-state index in [1.54, 1.807) is 0 Å². The van der Waals surface area contributed by atoms with Crippen molar-refractivity contribution in [1.29, 1.82) is 0 Å². The van der Waals surface area contributed by atoms with Crippen LogP contribution in [-0.2, 0) is 16.1 Å². The van der Waals surface area contributed by atoms with E-state index in [4.69, 9.17) is 0 Å². The minimum Gasteiger partial charge on any atom is -0.252 e. The molecule has 21 heavy (non-hydrogen) atoms. The van der Waals surface area contributed by atoms with Crippen LogP contribution >= 0.6 is 15.9 Å². The SMILES string of the molecule is CCS(=O)(=O)c1cc(Br)cnc1-c1ccn(C(F)(F)F)n1. The quantitative estimate of drug-likeness (QED) is 0.816. The minimum absolute atomic E-state index is 0.108. The van der Waals surface area contributed by atoms with Crippen molar-refractivity contribution in [2.24, 2.45) is 0 Å². The molecule has 0 aliphatic heterocycles. The van der Waals surface area contributed by atoms with E-state index < -0.39 is 16.1 Å². The Balaban J connectivity index is 2.62. The molecule has 0 aliphatic carbocycles. The van der Waals surface area contributed by atoms with E-state index in [1.807, 2.05) is 0 Å². The minimum atomic E-state index is -4.67. The van der Waals surface area contributed by atoms with Crippen molar-refractivity contribution in [2.45, 2.75) is 18.1 Å². The molecule has 0 N–H and O–H groups in total. The largest absolute Gasteiger partial charge is 0.504 e. The van der Waals surface area contributed by atoms with Crippen LogP contribution in [0.4, 0.5) is 13.2 Å². The number of halogens is 4. The van der Waals surface area contributed by atoms with Gasteiger partial charge in [0.2, 0.25) is 0 Å². The van der Waals surface area contributed by atoms with Crippen LogP contribution in [0.3, 0.4) is 0 Å². The summed E-state index contributed by atoms with van der Waals surface area (Å²) in [6, 6.07) is 2.37. The first-order valence-electron chi connectivity index (χ1n) is 5.66. The predicted octanol–water partition coefficient (Wildman–Crippen LogP) is 2.98. The van der Waals surface area contributed by atoms with E-state index >= 15 is 0 Å². The van der Waals surface area contributed by atoms with Gasteiger partial charge in [-0.15, -0.1) is 13.2 Å². The molecule has 0 saturated heterocycles. The first-order valence-corrected chi connectivity index (χ1v) is 8.11. The van der Waals surface area contributed by atoms with Crippen LogP contribution in [0.25, 0.3) is 11.4 Å². The fraction of sp³-hybridized carbons (Fsp3) is 0.273. The highest BCUT2D eigenvalue weighted by Crippen LogP contribution is 2.29. The second-order valence-corrected chi connectivity index (χ2v) is 7.18. The monoisotopic (exact) mass is 383 g/mol. The van der Waals surface area contributed by atoms with Gasteiger partial charge in [-0.1, -0.05) is 6.92 Å². The van der Waals surface area contributed by atoms with E-state index in [-0.39, 0.29) is 26.7 Å². The summed E-state index contributed by atoms with van der Waals surface area (Å²) in [7, 11) is -3.65. The van der Waals surface area contributed by atoms with E-state index in [0.717, 1.165) is 6.07 Å². The first-order chi connectivity index (χ1) is 9.65. The highest BCUT2D eigenvalue weighted by Gasteiger charge is 2.32. The molecule has 5 nitrogen and oxygen atoms in total. The van der Waals surface area contributed by atoms with E-state index in [2.05, 4.69) is 26.0 Å². The van der Waals surface area contributed by atoms with Crippen LogP contribution in [0, 0.1) is 0 Å². The number of sulfone groups is 1. The van der Waals surface area contributed by atoms with Gasteiger partial charge in [-0.3, -0.25) is 4.98 Å². The lowest BCUT2D eigenvalue weighted by molar-refractivity contribution is -0.212. The summed E-state index contributed by atoms with van der Waals surface area (Å²) in [5, 5.41) is 3.34. The van der Waals surface area contributed by atoms with Crippen LogP contribution in [0.5, 0.6) is 0 Å². The number of pyridine rings is 1. The third-order valence-electron chi connectivity index (χ3n) is 2.63. The van der Waals surface area contributed by atoms with Crippen LogP contribution < -0.4 is 0 Å². The molecular formula is C11H9BrF3N3O2S. The molecule has 0 radical (unpaired) electrons. The zero-order valence-electron chi connectivity index (χ0n) is 10.6. The van der Waals surface area contributed by atoms with E-state index in [1.165, 1.54) is 19.2 Å². The van der Waals surface area contributed by atoms with Gasteiger partial charge in [-0.2, -0.15) is 9.78 Å². The molecule has 0 aromatic carbocycles. The van der Waals surface area contributed by atoms with Crippen molar-refractivity contribution in [1.82, 2.24) is 14.8 Å². The summed E-state index contributed by atoms with van der Waals surface area (Å²) in [5.74, 6) is -0.196. The fourth-order valence-electron chi connectivity index (χ4n) is 1.60. The number of nitrogens with zero attached hydrogens (tertiary/aromatic N) is 3. The van der Waals surface area contributed by atoms with Crippen molar-refractivity contribution in [3.05, 3.63) is 29.0 Å². The summed E-state index contributed by atoms with van der Waals surface area (Å²) >= 11 is 3.09. The smallest absolute Gasteiger partial charge is 0.252 e. The normalized spacial score (nSPS) is 12.6. The molecule has 2 aromatic rings. The maximum atomic E-state index is 12.5. The molecule has 0 fully saturated rings. The third kappa shape index (κ3) is 3.26. The van der Waals surface area contributed by atoms with Gasteiger partial charge in [0, 0.05) is 16.9 Å². The van der Waals surface area contributed by atoms with Gasteiger partial charge in [0.05, 0.1) is 10.6 Å². The first kappa shape index (κ1) is 16.0. The molecule has 0 aliphatic rings. The van der Waals surface area contributed by atoms with Gasteiger partial charge in [0.15, 0.2) is 9.84 Å². The summed E-state index contributed by atoms with van der Waals surface area (Å²) in [5.41, 5.74) is -0.269. The molecule has 0 spiro atoms. The Morgan fingerprint density at radius 2 is 2.05 bits per heavy atom. The van der Waals surface area contributed by atoms with Crippen LogP contribution in [0.1, 0.15) is 6.92 Å². The fourth-order valence-corrected chi connectivity index (χ4v) is 3.15. The molecule has 0 atom stereocenters. The molecule has 10 heteroatoms. The van der Waals surface area contributed by atoms with Gasteiger partial charge in [-0.25, -0.2) is 8.42 Å².